The van der Waals surface area contributed by atoms with Crippen LogP contribution in [0, 0.1) is 0 Å². The average Bonchev–Trinajstić information content (AvgIpc) is 3.55. The molecule has 0 bridgehead atoms. The Labute approximate surface area is 267 Å². The molecular formula is C35H40O7S2. The van der Waals surface area contributed by atoms with Crippen LogP contribution >= 0.6 is 22.7 Å². The lowest BCUT2D eigenvalue weighted by atomic mass is 10.0. The number of benzene rings is 2. The maximum Gasteiger partial charge on any atom is 0.310 e. The molecule has 2 aromatic carbocycles. The normalized spacial score (nSPS) is 11.1. The Balaban J connectivity index is 1.96. The molecule has 0 aliphatic heterocycles. The van der Waals surface area contributed by atoms with E-state index in [0.29, 0.717) is 29.6 Å². The molecule has 7 nitrogen and oxygen atoms in total. The SMILES string of the molecule is CCOC(=O)Cc1cc(-c2cc(CC(C)=O)c(-c3c(OC)cccc3OC(C)C)s2)sc1-c1c(OC)cccc1OC(C)C. The number of ether oxygens (including phenoxy) is 5. The van der Waals surface area contributed by atoms with Gasteiger partial charge in [0.15, 0.2) is 0 Å². The summed E-state index contributed by atoms with van der Waals surface area (Å²) in [7, 11) is 3.26. The fourth-order valence-electron chi connectivity index (χ4n) is 4.94. The molecule has 0 amide bonds. The van der Waals surface area contributed by atoms with Crippen molar-refractivity contribution in [3.8, 4) is 53.6 Å². The van der Waals surface area contributed by atoms with E-state index in [1.165, 1.54) is 0 Å². The maximum absolute atomic E-state index is 12.8. The number of ketones is 1. The molecule has 2 aromatic heterocycles. The molecule has 0 fully saturated rings. The average molecular weight is 637 g/mol. The number of hydrogen-bond donors (Lipinski definition) is 0. The van der Waals surface area contributed by atoms with Crippen LogP contribution in [-0.4, -0.2) is 44.8 Å². The minimum absolute atomic E-state index is 0.0510. The standard InChI is InChI=1S/C35H40O7S2/c1-9-40-31(37)19-24-18-30(44-35(24)33-26(39-8)13-11-15-28(33)42-21(4)5)29-17-23(16-22(6)36)34(43-29)32-25(38-7)12-10-14-27(32)41-20(2)3/h10-15,17-18,20-21H,9,16,19H2,1-8H3. The number of esters is 1. The zero-order valence-corrected chi connectivity index (χ0v) is 28.2. The highest BCUT2D eigenvalue weighted by atomic mass is 32.1. The van der Waals surface area contributed by atoms with Gasteiger partial charge in [-0.1, -0.05) is 12.1 Å². The van der Waals surface area contributed by atoms with Crippen LogP contribution in [-0.2, 0) is 27.2 Å². The van der Waals surface area contributed by atoms with Crippen molar-refractivity contribution in [2.45, 2.75) is 66.6 Å². The van der Waals surface area contributed by atoms with Crippen molar-refractivity contribution in [3.63, 3.8) is 0 Å². The third-order valence-corrected chi connectivity index (χ3v) is 9.12. The minimum atomic E-state index is -0.312. The summed E-state index contributed by atoms with van der Waals surface area (Å²) >= 11 is 3.12. The van der Waals surface area contributed by atoms with Crippen LogP contribution in [0.15, 0.2) is 48.5 Å². The van der Waals surface area contributed by atoms with Crippen molar-refractivity contribution in [3.05, 3.63) is 59.7 Å². The van der Waals surface area contributed by atoms with E-state index in [-0.39, 0.29) is 36.8 Å². The first-order chi connectivity index (χ1) is 21.1. The largest absolute Gasteiger partial charge is 0.496 e. The van der Waals surface area contributed by atoms with Gasteiger partial charge >= 0.3 is 5.97 Å². The molecule has 0 unspecified atom stereocenters. The number of hydrogen-bond acceptors (Lipinski definition) is 9. The van der Waals surface area contributed by atoms with Gasteiger partial charge < -0.3 is 23.7 Å². The predicted molar refractivity (Wildman–Crippen MR) is 178 cm³/mol. The maximum atomic E-state index is 12.8. The van der Waals surface area contributed by atoms with Gasteiger partial charge in [-0.3, -0.25) is 9.59 Å². The molecule has 9 heteroatoms. The topological polar surface area (TPSA) is 80.3 Å². The van der Waals surface area contributed by atoms with Crippen LogP contribution in [0.4, 0.5) is 0 Å². The van der Waals surface area contributed by atoms with E-state index in [1.807, 2.05) is 70.2 Å². The van der Waals surface area contributed by atoms with Gasteiger partial charge in [0.1, 0.15) is 28.8 Å². The highest BCUT2D eigenvalue weighted by Gasteiger charge is 2.26. The van der Waals surface area contributed by atoms with Crippen LogP contribution in [0.3, 0.4) is 0 Å². The van der Waals surface area contributed by atoms with E-state index in [0.717, 1.165) is 41.8 Å². The fourth-order valence-corrected chi connectivity index (χ4v) is 7.48. The van der Waals surface area contributed by atoms with Gasteiger partial charge in [0, 0.05) is 25.9 Å². The molecule has 0 N–H and O–H groups in total. The molecular weight excluding hydrogens is 597 g/mol. The molecule has 0 atom stereocenters. The van der Waals surface area contributed by atoms with Gasteiger partial charge in [-0.25, -0.2) is 0 Å². The lowest BCUT2D eigenvalue weighted by Gasteiger charge is -2.17. The third-order valence-electron chi connectivity index (χ3n) is 6.54. The summed E-state index contributed by atoms with van der Waals surface area (Å²) in [4.78, 5) is 28.9. The van der Waals surface area contributed by atoms with Crippen molar-refractivity contribution < 1.29 is 33.3 Å². The van der Waals surface area contributed by atoms with Gasteiger partial charge in [-0.15, -0.1) is 22.7 Å². The highest BCUT2D eigenvalue weighted by Crippen LogP contribution is 2.51. The molecule has 0 aliphatic carbocycles. The molecule has 4 aromatic rings. The van der Waals surface area contributed by atoms with Crippen LogP contribution in [0.5, 0.6) is 23.0 Å². The minimum Gasteiger partial charge on any atom is -0.496 e. The molecule has 0 saturated carbocycles. The predicted octanol–water partition coefficient (Wildman–Crippen LogP) is 8.64. The second-order valence-electron chi connectivity index (χ2n) is 10.8. The van der Waals surface area contributed by atoms with Crippen LogP contribution in [0.2, 0.25) is 0 Å². The van der Waals surface area contributed by atoms with Crippen molar-refractivity contribution >= 4 is 34.4 Å². The smallest absolute Gasteiger partial charge is 0.310 e. The summed E-state index contributed by atoms with van der Waals surface area (Å²) in [5.74, 6) is 2.42. The summed E-state index contributed by atoms with van der Waals surface area (Å²) in [5, 5.41) is 0. The van der Waals surface area contributed by atoms with Crippen LogP contribution in [0.25, 0.3) is 30.6 Å². The zero-order chi connectivity index (χ0) is 32.0. The quantitative estimate of drug-likeness (QED) is 0.128. The molecule has 0 aliphatic rings. The van der Waals surface area contributed by atoms with E-state index in [1.54, 1.807) is 50.7 Å². The first-order valence-electron chi connectivity index (χ1n) is 14.6. The van der Waals surface area contributed by atoms with Gasteiger partial charge in [-0.05, 0) is 89.1 Å². The second kappa shape index (κ2) is 14.8. The van der Waals surface area contributed by atoms with Gasteiger partial charge in [0.05, 0.1) is 50.6 Å². The van der Waals surface area contributed by atoms with E-state index >= 15 is 0 Å². The first-order valence-corrected chi connectivity index (χ1v) is 16.3. The van der Waals surface area contributed by atoms with Crippen molar-refractivity contribution in [1.82, 2.24) is 0 Å². The van der Waals surface area contributed by atoms with Crippen LogP contribution < -0.4 is 18.9 Å². The van der Waals surface area contributed by atoms with E-state index in [2.05, 4.69) is 6.07 Å². The Kier molecular flexibility index (Phi) is 11.1. The molecule has 234 valence electrons. The molecule has 0 radical (unpaired) electrons. The van der Waals surface area contributed by atoms with Gasteiger partial charge in [0.2, 0.25) is 0 Å². The number of thiophene rings is 2. The Morgan fingerprint density at radius 3 is 1.52 bits per heavy atom. The lowest BCUT2D eigenvalue weighted by Crippen LogP contribution is -2.09. The third kappa shape index (κ3) is 7.63. The molecule has 2 heterocycles. The number of methoxy groups -OCH3 is 2. The Bertz CT molecular complexity index is 1610. The Morgan fingerprint density at radius 1 is 0.705 bits per heavy atom. The summed E-state index contributed by atoms with van der Waals surface area (Å²) in [5.41, 5.74) is 3.30. The van der Waals surface area contributed by atoms with Crippen molar-refractivity contribution in [2.75, 3.05) is 20.8 Å². The first kappa shape index (κ1) is 33.1. The number of Topliss-reactive ketones (excluding diaryl/α,β-unsaturated/α-hetero) is 1. The highest BCUT2D eigenvalue weighted by molar-refractivity contribution is 7.25. The number of carbonyl (C=O) groups excluding carboxylic acids is 2. The number of carbonyl (C=O) groups is 2. The summed E-state index contributed by atoms with van der Waals surface area (Å²) in [6.45, 7) is 11.6. The Morgan fingerprint density at radius 2 is 1.14 bits per heavy atom. The van der Waals surface area contributed by atoms with E-state index < -0.39 is 0 Å². The van der Waals surface area contributed by atoms with E-state index in [9.17, 15) is 9.59 Å². The molecule has 44 heavy (non-hydrogen) atoms. The monoisotopic (exact) mass is 636 g/mol. The van der Waals surface area contributed by atoms with Crippen LogP contribution in [0.1, 0.15) is 52.7 Å². The summed E-state index contributed by atoms with van der Waals surface area (Å²) in [6.07, 6.45) is 0.240. The Hall–Kier alpha value is -3.82. The zero-order valence-electron chi connectivity index (χ0n) is 26.6. The molecule has 4 rings (SSSR count). The second-order valence-corrected chi connectivity index (χ2v) is 12.9. The summed E-state index contributed by atoms with van der Waals surface area (Å²) < 4.78 is 29.3. The molecule has 0 saturated heterocycles. The van der Waals surface area contributed by atoms with Gasteiger partial charge in [0.25, 0.3) is 0 Å². The van der Waals surface area contributed by atoms with E-state index in [4.69, 9.17) is 23.7 Å². The number of rotatable bonds is 14. The summed E-state index contributed by atoms with van der Waals surface area (Å²) in [6, 6.07) is 15.5. The molecule has 0 spiro atoms. The lowest BCUT2D eigenvalue weighted by molar-refractivity contribution is -0.142. The van der Waals surface area contributed by atoms with Crippen molar-refractivity contribution in [2.24, 2.45) is 0 Å². The van der Waals surface area contributed by atoms with Gasteiger partial charge in [-0.2, -0.15) is 0 Å². The van der Waals surface area contributed by atoms with Crippen molar-refractivity contribution in [1.29, 1.82) is 0 Å². The fraction of sp³-hybridized carbons (Fsp3) is 0.371.